The number of carboxylic acids is 1. The predicted molar refractivity (Wildman–Crippen MR) is 150 cm³/mol. The molecule has 14 nitrogen and oxygen atoms in total. The number of carbonyl (C=O) groups excluding carboxylic acids is 5. The molecule has 0 spiro atoms. The van der Waals surface area contributed by atoms with Crippen LogP contribution in [0.25, 0.3) is 10.9 Å². The molecule has 0 saturated carbocycles. The number of aliphatic carboxylic acids is 1. The third-order valence-electron chi connectivity index (χ3n) is 6.86. The van der Waals surface area contributed by atoms with E-state index in [2.05, 4.69) is 20.9 Å². The van der Waals surface area contributed by atoms with Gasteiger partial charge < -0.3 is 43.2 Å². The normalized spacial score (nSPS) is 14.7. The minimum Gasteiger partial charge on any atom is -0.480 e. The summed E-state index contributed by atoms with van der Waals surface area (Å²) in [6, 6.07) is 2.47. The number of para-hydroxylation sites is 1. The van der Waals surface area contributed by atoms with E-state index in [0.29, 0.717) is 12.0 Å². The predicted octanol–water partition coefficient (Wildman–Crippen LogP) is -0.846. The molecule has 2 aromatic rings. The Labute approximate surface area is 237 Å². The molecule has 1 aromatic heterocycles. The van der Waals surface area contributed by atoms with Crippen LogP contribution in [-0.4, -0.2) is 69.8 Å². The summed E-state index contributed by atoms with van der Waals surface area (Å²) in [5.74, 6) is -5.23. The maximum atomic E-state index is 13.5. The second-order valence-electron chi connectivity index (χ2n) is 10.0. The highest BCUT2D eigenvalue weighted by atomic mass is 16.4. The first kappa shape index (κ1) is 32.8. The van der Waals surface area contributed by atoms with E-state index in [0.717, 1.165) is 10.9 Å². The molecule has 0 aliphatic heterocycles. The Hall–Kier alpha value is -4.46. The summed E-state index contributed by atoms with van der Waals surface area (Å²) in [6.45, 7) is 3.55. The second kappa shape index (κ2) is 15.4. The maximum absolute atomic E-state index is 13.5. The van der Waals surface area contributed by atoms with Crippen LogP contribution in [0, 0.1) is 5.92 Å². The number of nitrogens with one attached hydrogen (secondary N) is 4. The van der Waals surface area contributed by atoms with Crippen molar-refractivity contribution in [1.29, 1.82) is 0 Å². The number of hydrogen-bond donors (Lipinski definition) is 8. The number of hydrogen-bond acceptors (Lipinski definition) is 7. The summed E-state index contributed by atoms with van der Waals surface area (Å²) in [7, 11) is 0. The molecule has 224 valence electrons. The number of nitrogens with two attached hydrogens (primary N) is 3. The van der Waals surface area contributed by atoms with Crippen molar-refractivity contribution in [3.63, 3.8) is 0 Å². The van der Waals surface area contributed by atoms with Crippen LogP contribution >= 0.6 is 0 Å². The standard InChI is InChI=1S/C27H39N7O7/c1-3-14(2)23(34-24(37)17(28)8-10-21(29)35)26(39)33-20(12-15-13-31-18-7-5-4-6-16(15)18)25(38)32-19(27(40)41)9-11-22(30)36/h4-7,13-14,17,19-20,23,31H,3,8-12,28H2,1-2H3,(H2,29,35)(H2,30,36)(H,32,38)(H,33,39)(H,34,37)(H,40,41). The van der Waals surface area contributed by atoms with Gasteiger partial charge in [0.25, 0.3) is 0 Å². The summed E-state index contributed by atoms with van der Waals surface area (Å²) in [4.78, 5) is 76.7. The Kier molecular flexibility index (Phi) is 12.3. The highest BCUT2D eigenvalue weighted by Crippen LogP contribution is 2.20. The van der Waals surface area contributed by atoms with Crippen molar-refractivity contribution < 1.29 is 33.9 Å². The fourth-order valence-corrected chi connectivity index (χ4v) is 4.20. The summed E-state index contributed by atoms with van der Waals surface area (Å²) in [5.41, 5.74) is 17.6. The summed E-state index contributed by atoms with van der Waals surface area (Å²) in [5, 5.41) is 18.0. The van der Waals surface area contributed by atoms with E-state index in [1.54, 1.807) is 13.1 Å². The molecule has 1 aromatic carbocycles. The Bertz CT molecular complexity index is 1260. The van der Waals surface area contributed by atoms with Crippen molar-refractivity contribution >= 4 is 46.4 Å². The number of carbonyl (C=O) groups is 6. The topological polar surface area (TPSA) is 253 Å². The Morgan fingerprint density at radius 1 is 0.878 bits per heavy atom. The highest BCUT2D eigenvalue weighted by Gasteiger charge is 2.33. The maximum Gasteiger partial charge on any atom is 0.326 e. The first-order valence-electron chi connectivity index (χ1n) is 13.3. The van der Waals surface area contributed by atoms with Gasteiger partial charge in [-0.25, -0.2) is 4.79 Å². The van der Waals surface area contributed by atoms with E-state index in [-0.39, 0.29) is 38.0 Å². The first-order valence-corrected chi connectivity index (χ1v) is 13.3. The van der Waals surface area contributed by atoms with E-state index in [9.17, 15) is 33.9 Å². The van der Waals surface area contributed by atoms with Crippen LogP contribution in [-0.2, 0) is 35.2 Å². The average molecular weight is 574 g/mol. The monoisotopic (exact) mass is 573 g/mol. The van der Waals surface area contributed by atoms with Crippen LogP contribution < -0.4 is 33.2 Å². The van der Waals surface area contributed by atoms with Gasteiger partial charge in [0.2, 0.25) is 29.5 Å². The van der Waals surface area contributed by atoms with Crippen LogP contribution in [0.2, 0.25) is 0 Å². The number of H-pyrrole nitrogens is 1. The van der Waals surface area contributed by atoms with Crippen LogP contribution in [0.5, 0.6) is 0 Å². The fourth-order valence-electron chi connectivity index (χ4n) is 4.20. The lowest BCUT2D eigenvalue weighted by atomic mass is 9.96. The number of rotatable bonds is 17. The van der Waals surface area contributed by atoms with Crippen molar-refractivity contribution in [1.82, 2.24) is 20.9 Å². The van der Waals surface area contributed by atoms with Crippen molar-refractivity contribution in [2.45, 2.75) is 76.5 Å². The van der Waals surface area contributed by atoms with Crippen molar-refractivity contribution in [2.75, 3.05) is 0 Å². The molecule has 0 radical (unpaired) electrons. The molecule has 2 rings (SSSR count). The molecule has 11 N–H and O–H groups in total. The SMILES string of the molecule is CCC(C)C(NC(=O)C(N)CCC(N)=O)C(=O)NC(Cc1c[nH]c2ccccc12)C(=O)NC(CCC(N)=O)C(=O)O. The lowest BCUT2D eigenvalue weighted by Crippen LogP contribution is -2.59. The van der Waals surface area contributed by atoms with E-state index in [1.807, 2.05) is 31.2 Å². The zero-order valence-electron chi connectivity index (χ0n) is 23.1. The quantitative estimate of drug-likeness (QED) is 0.118. The number of fused-ring (bicyclic) bond motifs is 1. The first-order chi connectivity index (χ1) is 19.3. The van der Waals surface area contributed by atoms with Gasteiger partial charge in [-0.15, -0.1) is 0 Å². The number of aromatic nitrogens is 1. The molecule has 14 heteroatoms. The van der Waals surface area contributed by atoms with Gasteiger partial charge in [-0.05, 0) is 30.4 Å². The van der Waals surface area contributed by atoms with Gasteiger partial charge >= 0.3 is 5.97 Å². The average Bonchev–Trinajstić information content (AvgIpc) is 3.33. The molecule has 5 atom stereocenters. The highest BCUT2D eigenvalue weighted by molar-refractivity contribution is 5.95. The molecule has 1 heterocycles. The molecular formula is C27H39N7O7. The lowest BCUT2D eigenvalue weighted by molar-refractivity contribution is -0.142. The number of aromatic amines is 1. The van der Waals surface area contributed by atoms with Crippen molar-refractivity contribution in [3.05, 3.63) is 36.0 Å². The minimum atomic E-state index is -1.43. The van der Waals surface area contributed by atoms with Crippen LogP contribution in [0.1, 0.15) is 51.5 Å². The molecule has 0 aliphatic rings. The van der Waals surface area contributed by atoms with Crippen molar-refractivity contribution in [3.8, 4) is 0 Å². The zero-order valence-corrected chi connectivity index (χ0v) is 23.1. The summed E-state index contributed by atoms with van der Waals surface area (Å²) >= 11 is 0. The van der Waals surface area contributed by atoms with Gasteiger partial charge in [0.1, 0.15) is 18.1 Å². The second-order valence-corrected chi connectivity index (χ2v) is 10.0. The fraction of sp³-hybridized carbons (Fsp3) is 0.481. The van der Waals surface area contributed by atoms with Crippen LogP contribution in [0.3, 0.4) is 0 Å². The Balaban J connectivity index is 2.32. The van der Waals surface area contributed by atoms with Gasteiger partial charge in [0, 0.05) is 36.4 Å². The molecule has 41 heavy (non-hydrogen) atoms. The van der Waals surface area contributed by atoms with Crippen molar-refractivity contribution in [2.24, 2.45) is 23.1 Å². The van der Waals surface area contributed by atoms with E-state index < -0.39 is 59.7 Å². The Morgan fingerprint density at radius 3 is 2.10 bits per heavy atom. The van der Waals surface area contributed by atoms with Gasteiger partial charge in [0.05, 0.1) is 6.04 Å². The number of carboxylic acid groups (broad SMARTS) is 1. The third kappa shape index (κ3) is 9.90. The van der Waals surface area contributed by atoms with E-state index in [1.165, 1.54) is 0 Å². The summed E-state index contributed by atoms with van der Waals surface area (Å²) < 4.78 is 0. The smallest absolute Gasteiger partial charge is 0.326 e. The van der Waals surface area contributed by atoms with Gasteiger partial charge in [-0.1, -0.05) is 38.5 Å². The van der Waals surface area contributed by atoms with E-state index in [4.69, 9.17) is 17.2 Å². The van der Waals surface area contributed by atoms with Crippen LogP contribution in [0.4, 0.5) is 0 Å². The Morgan fingerprint density at radius 2 is 1.49 bits per heavy atom. The number of amides is 5. The molecular weight excluding hydrogens is 534 g/mol. The number of primary amides is 2. The lowest BCUT2D eigenvalue weighted by Gasteiger charge is -2.28. The molecule has 0 fully saturated rings. The zero-order chi connectivity index (χ0) is 30.7. The van der Waals surface area contributed by atoms with Gasteiger partial charge in [-0.3, -0.25) is 24.0 Å². The molecule has 0 saturated heterocycles. The molecule has 5 amide bonds. The van der Waals surface area contributed by atoms with Crippen LogP contribution in [0.15, 0.2) is 30.5 Å². The third-order valence-corrected chi connectivity index (χ3v) is 6.86. The minimum absolute atomic E-state index is 0.0104. The van der Waals surface area contributed by atoms with E-state index >= 15 is 0 Å². The number of benzene rings is 1. The molecule has 0 bridgehead atoms. The molecule has 0 aliphatic carbocycles. The van der Waals surface area contributed by atoms with Gasteiger partial charge in [0.15, 0.2) is 0 Å². The largest absolute Gasteiger partial charge is 0.480 e. The molecule has 5 unspecified atom stereocenters. The summed E-state index contributed by atoms with van der Waals surface area (Å²) in [6.07, 6.45) is 1.54. The van der Waals surface area contributed by atoms with Gasteiger partial charge in [-0.2, -0.15) is 0 Å².